The molecule has 0 radical (unpaired) electrons. The second kappa shape index (κ2) is 7.03. The molecule has 0 bridgehead atoms. The van der Waals surface area contributed by atoms with E-state index in [0.29, 0.717) is 12.1 Å². The first-order valence-electron chi connectivity index (χ1n) is 7.55. The van der Waals surface area contributed by atoms with E-state index >= 15 is 0 Å². The standard InChI is InChI=1S/C17H19FN2OS/c18-14-6-3-5-13(11-14)17(21)19-12-15(16-7-4-10-22-16)20-8-1-2-9-20/h3-7,10-11,15H,1-2,8-9,12H2,(H,19,21)/t15-/m1/s1. The third-order valence-electron chi connectivity index (χ3n) is 4.00. The molecule has 22 heavy (non-hydrogen) atoms. The van der Waals surface area contributed by atoms with Crippen molar-refractivity contribution in [2.75, 3.05) is 19.6 Å². The molecule has 1 N–H and O–H groups in total. The lowest BCUT2D eigenvalue weighted by molar-refractivity contribution is 0.0938. The Labute approximate surface area is 133 Å². The maximum atomic E-state index is 13.2. The molecule has 3 rings (SSSR count). The van der Waals surface area contributed by atoms with E-state index in [-0.39, 0.29) is 17.8 Å². The summed E-state index contributed by atoms with van der Waals surface area (Å²) < 4.78 is 13.2. The highest BCUT2D eigenvalue weighted by Crippen LogP contribution is 2.27. The molecule has 5 heteroatoms. The number of nitrogens with one attached hydrogen (secondary N) is 1. The van der Waals surface area contributed by atoms with Crippen LogP contribution >= 0.6 is 11.3 Å². The summed E-state index contributed by atoms with van der Waals surface area (Å²) in [5, 5.41) is 5.01. The van der Waals surface area contributed by atoms with Crippen LogP contribution in [0.3, 0.4) is 0 Å². The number of thiophene rings is 1. The summed E-state index contributed by atoms with van der Waals surface area (Å²) >= 11 is 1.71. The van der Waals surface area contributed by atoms with Crippen LogP contribution in [0.4, 0.5) is 4.39 Å². The summed E-state index contributed by atoms with van der Waals surface area (Å²) in [6.07, 6.45) is 2.42. The van der Waals surface area contributed by atoms with Gasteiger partial charge >= 0.3 is 0 Å². The molecule has 1 amide bonds. The maximum absolute atomic E-state index is 13.2. The van der Waals surface area contributed by atoms with Crippen LogP contribution in [0.15, 0.2) is 41.8 Å². The Kier molecular flexibility index (Phi) is 4.85. The van der Waals surface area contributed by atoms with Crippen molar-refractivity contribution in [2.24, 2.45) is 0 Å². The van der Waals surface area contributed by atoms with Crippen molar-refractivity contribution in [1.82, 2.24) is 10.2 Å². The molecule has 1 fully saturated rings. The van der Waals surface area contributed by atoms with Crippen molar-refractivity contribution < 1.29 is 9.18 Å². The van der Waals surface area contributed by atoms with Gasteiger partial charge in [0.15, 0.2) is 0 Å². The van der Waals surface area contributed by atoms with Gasteiger partial charge in [-0.1, -0.05) is 12.1 Å². The van der Waals surface area contributed by atoms with Gasteiger partial charge < -0.3 is 5.32 Å². The van der Waals surface area contributed by atoms with E-state index in [0.717, 1.165) is 13.1 Å². The van der Waals surface area contributed by atoms with Crippen molar-refractivity contribution in [3.63, 3.8) is 0 Å². The van der Waals surface area contributed by atoms with Crippen molar-refractivity contribution >= 4 is 17.2 Å². The zero-order valence-electron chi connectivity index (χ0n) is 12.3. The predicted octanol–water partition coefficient (Wildman–Crippen LogP) is 3.45. The molecule has 0 saturated carbocycles. The van der Waals surface area contributed by atoms with Gasteiger partial charge in [0.05, 0.1) is 6.04 Å². The molecule has 0 unspecified atom stereocenters. The highest BCUT2D eigenvalue weighted by molar-refractivity contribution is 7.10. The van der Waals surface area contributed by atoms with Crippen LogP contribution in [-0.4, -0.2) is 30.4 Å². The van der Waals surface area contributed by atoms with Gasteiger partial charge in [0.1, 0.15) is 5.82 Å². The Morgan fingerprint density at radius 2 is 2.09 bits per heavy atom. The lowest BCUT2D eigenvalue weighted by atomic mass is 10.1. The Bertz CT molecular complexity index is 623. The van der Waals surface area contributed by atoms with E-state index < -0.39 is 0 Å². The number of amides is 1. The minimum absolute atomic E-state index is 0.208. The zero-order valence-corrected chi connectivity index (χ0v) is 13.1. The van der Waals surface area contributed by atoms with Crippen LogP contribution in [0.5, 0.6) is 0 Å². The molecule has 1 atom stereocenters. The Balaban J connectivity index is 1.67. The predicted molar refractivity (Wildman–Crippen MR) is 86.6 cm³/mol. The first-order valence-corrected chi connectivity index (χ1v) is 8.43. The van der Waals surface area contributed by atoms with Crippen LogP contribution in [0, 0.1) is 5.82 Å². The molecular formula is C17H19FN2OS. The van der Waals surface area contributed by atoms with Crippen molar-refractivity contribution in [2.45, 2.75) is 18.9 Å². The average Bonchev–Trinajstić information content (AvgIpc) is 3.21. The fourth-order valence-electron chi connectivity index (χ4n) is 2.86. The van der Waals surface area contributed by atoms with Crippen LogP contribution < -0.4 is 5.32 Å². The Morgan fingerprint density at radius 3 is 2.77 bits per heavy atom. The summed E-state index contributed by atoms with van der Waals surface area (Å²) in [6.45, 7) is 2.69. The number of carbonyl (C=O) groups is 1. The highest BCUT2D eigenvalue weighted by Gasteiger charge is 2.24. The van der Waals surface area contributed by atoms with Gasteiger partial charge in [-0.25, -0.2) is 4.39 Å². The molecule has 2 heterocycles. The van der Waals surface area contributed by atoms with Crippen molar-refractivity contribution in [3.05, 3.63) is 58.0 Å². The molecule has 1 saturated heterocycles. The fraction of sp³-hybridized carbons (Fsp3) is 0.353. The summed E-state index contributed by atoms with van der Waals surface area (Å²) in [7, 11) is 0. The van der Waals surface area contributed by atoms with Crippen LogP contribution in [0.25, 0.3) is 0 Å². The van der Waals surface area contributed by atoms with Crippen LogP contribution in [0.1, 0.15) is 34.1 Å². The number of halogens is 1. The van der Waals surface area contributed by atoms with Crippen molar-refractivity contribution in [3.8, 4) is 0 Å². The smallest absolute Gasteiger partial charge is 0.251 e. The summed E-state index contributed by atoms with van der Waals surface area (Å²) in [6, 6.07) is 10.2. The number of benzene rings is 1. The average molecular weight is 318 g/mol. The van der Waals surface area contributed by atoms with Crippen LogP contribution in [0.2, 0.25) is 0 Å². The van der Waals surface area contributed by atoms with Crippen molar-refractivity contribution in [1.29, 1.82) is 0 Å². The largest absolute Gasteiger partial charge is 0.350 e. The number of hydrogen-bond donors (Lipinski definition) is 1. The zero-order chi connectivity index (χ0) is 15.4. The van der Waals surface area contributed by atoms with Gasteiger partial charge in [-0.05, 0) is 55.6 Å². The topological polar surface area (TPSA) is 32.3 Å². The van der Waals surface area contributed by atoms with Gasteiger partial charge in [0.25, 0.3) is 5.91 Å². The molecule has 0 spiro atoms. The van der Waals surface area contributed by atoms with E-state index in [2.05, 4.69) is 21.7 Å². The van der Waals surface area contributed by atoms with Gasteiger partial charge in [-0.3, -0.25) is 9.69 Å². The maximum Gasteiger partial charge on any atom is 0.251 e. The Morgan fingerprint density at radius 1 is 1.27 bits per heavy atom. The monoisotopic (exact) mass is 318 g/mol. The molecule has 1 aliphatic heterocycles. The molecule has 1 aromatic heterocycles. The quantitative estimate of drug-likeness (QED) is 0.916. The second-order valence-electron chi connectivity index (χ2n) is 5.49. The second-order valence-corrected chi connectivity index (χ2v) is 6.47. The van der Waals surface area contributed by atoms with Gasteiger partial charge in [-0.15, -0.1) is 11.3 Å². The van der Waals surface area contributed by atoms with E-state index in [1.54, 1.807) is 23.5 Å². The highest BCUT2D eigenvalue weighted by atomic mass is 32.1. The molecule has 3 nitrogen and oxygen atoms in total. The summed E-state index contributed by atoms with van der Waals surface area (Å²) in [4.78, 5) is 15.9. The molecule has 1 aliphatic rings. The number of hydrogen-bond acceptors (Lipinski definition) is 3. The van der Waals surface area contributed by atoms with E-state index in [1.165, 1.54) is 29.9 Å². The molecule has 116 valence electrons. The first kappa shape index (κ1) is 15.2. The summed E-state index contributed by atoms with van der Waals surface area (Å²) in [5.74, 6) is -0.609. The normalized spacial score (nSPS) is 16.6. The number of nitrogens with zero attached hydrogens (tertiary/aromatic N) is 1. The minimum atomic E-state index is -0.387. The lowest BCUT2D eigenvalue weighted by Gasteiger charge is -2.26. The molecule has 1 aromatic carbocycles. The lowest BCUT2D eigenvalue weighted by Crippen LogP contribution is -2.36. The van der Waals surface area contributed by atoms with E-state index in [4.69, 9.17) is 0 Å². The van der Waals surface area contributed by atoms with E-state index in [1.807, 2.05) is 6.07 Å². The summed E-state index contributed by atoms with van der Waals surface area (Å²) in [5.41, 5.74) is 0.367. The number of carbonyl (C=O) groups excluding carboxylic acids is 1. The van der Waals surface area contributed by atoms with Gasteiger partial charge in [0.2, 0.25) is 0 Å². The molecule has 2 aromatic rings. The first-order chi connectivity index (χ1) is 10.7. The van der Waals surface area contributed by atoms with Crippen LogP contribution in [-0.2, 0) is 0 Å². The number of rotatable bonds is 5. The third kappa shape index (κ3) is 3.54. The van der Waals surface area contributed by atoms with Gasteiger partial charge in [0, 0.05) is 17.0 Å². The minimum Gasteiger partial charge on any atom is -0.350 e. The third-order valence-corrected chi connectivity index (χ3v) is 4.97. The number of likely N-dealkylation sites (tertiary alicyclic amines) is 1. The van der Waals surface area contributed by atoms with Gasteiger partial charge in [-0.2, -0.15) is 0 Å². The van der Waals surface area contributed by atoms with E-state index in [9.17, 15) is 9.18 Å². The SMILES string of the molecule is O=C(NC[C@H](c1cccs1)N1CCCC1)c1cccc(F)c1. The molecular weight excluding hydrogens is 299 g/mol. The fourth-order valence-corrected chi connectivity index (χ4v) is 3.73. The Hall–Kier alpha value is -1.72. The molecule has 0 aliphatic carbocycles.